The smallest absolute Gasteiger partial charge is 0.231 e. The van der Waals surface area contributed by atoms with E-state index in [2.05, 4.69) is 33.0 Å². The van der Waals surface area contributed by atoms with Crippen molar-refractivity contribution >= 4 is 11.0 Å². The van der Waals surface area contributed by atoms with Crippen molar-refractivity contribution in [3.05, 3.63) is 23.5 Å². The summed E-state index contributed by atoms with van der Waals surface area (Å²) in [6.45, 7) is 9.62. The van der Waals surface area contributed by atoms with Gasteiger partial charge in [0.15, 0.2) is 11.5 Å². The molecule has 0 bridgehead atoms. The highest BCUT2D eigenvalue weighted by molar-refractivity contribution is 5.86. The topological polar surface area (TPSA) is 43.6 Å². The Balaban J connectivity index is 2.01. The van der Waals surface area contributed by atoms with Crippen molar-refractivity contribution in [1.82, 2.24) is 5.32 Å². The van der Waals surface area contributed by atoms with E-state index >= 15 is 0 Å². The van der Waals surface area contributed by atoms with Gasteiger partial charge in [-0.15, -0.1) is 0 Å². The first-order chi connectivity index (χ1) is 9.48. The molecule has 1 aromatic heterocycles. The number of fused-ring (bicyclic) bond motifs is 2. The van der Waals surface area contributed by atoms with Crippen LogP contribution in [0.1, 0.15) is 39.0 Å². The highest BCUT2D eigenvalue weighted by Crippen LogP contribution is 2.39. The monoisotopic (exact) mass is 275 g/mol. The Kier molecular flexibility index (Phi) is 3.13. The molecule has 1 aliphatic heterocycles. The van der Waals surface area contributed by atoms with Crippen molar-refractivity contribution in [1.29, 1.82) is 0 Å². The van der Waals surface area contributed by atoms with E-state index in [9.17, 15) is 0 Å². The molecule has 0 saturated heterocycles. The Bertz CT molecular complexity index is 637. The van der Waals surface area contributed by atoms with Crippen LogP contribution in [0.4, 0.5) is 0 Å². The molecule has 1 N–H and O–H groups in total. The lowest BCUT2D eigenvalue weighted by atomic mass is 10.1. The number of hydrogen-bond acceptors (Lipinski definition) is 4. The molecule has 108 valence electrons. The fourth-order valence-corrected chi connectivity index (χ4v) is 2.46. The third kappa shape index (κ3) is 2.36. The van der Waals surface area contributed by atoms with Crippen LogP contribution >= 0.6 is 0 Å². The fraction of sp³-hybridized carbons (Fsp3) is 0.500. The Morgan fingerprint density at radius 2 is 1.85 bits per heavy atom. The molecule has 0 fully saturated rings. The molecular weight excluding hydrogens is 254 g/mol. The molecule has 0 amide bonds. The highest BCUT2D eigenvalue weighted by Gasteiger charge is 2.21. The van der Waals surface area contributed by atoms with E-state index < -0.39 is 0 Å². The third-order valence-corrected chi connectivity index (χ3v) is 3.50. The molecule has 0 spiro atoms. The number of hydrogen-bond donors (Lipinski definition) is 1. The van der Waals surface area contributed by atoms with Crippen molar-refractivity contribution in [3.8, 4) is 11.5 Å². The van der Waals surface area contributed by atoms with E-state index in [1.54, 1.807) is 0 Å². The molecule has 20 heavy (non-hydrogen) atoms. The molecule has 0 atom stereocenters. The zero-order valence-corrected chi connectivity index (χ0v) is 12.5. The minimum absolute atomic E-state index is 0.0674. The van der Waals surface area contributed by atoms with Crippen LogP contribution in [0.15, 0.2) is 16.5 Å². The van der Waals surface area contributed by atoms with Gasteiger partial charge in [0.1, 0.15) is 11.3 Å². The van der Waals surface area contributed by atoms with Crippen LogP contribution in [-0.2, 0) is 13.0 Å². The standard InChI is InChI=1S/C16H21NO3/c1-5-10-11-6-13-14(19-9-18-13)7-12(11)20-15(10)8-17-16(2,3)4/h6-7,17H,5,8-9H2,1-4H3. The number of aryl methyl sites for hydroxylation is 1. The summed E-state index contributed by atoms with van der Waals surface area (Å²) in [6.07, 6.45) is 0.938. The molecule has 2 aromatic rings. The summed E-state index contributed by atoms with van der Waals surface area (Å²) < 4.78 is 16.9. The Labute approximate surface area is 119 Å². The molecule has 0 aliphatic carbocycles. The molecule has 2 heterocycles. The second kappa shape index (κ2) is 4.70. The first-order valence-corrected chi connectivity index (χ1v) is 7.07. The van der Waals surface area contributed by atoms with Gasteiger partial charge in [0.05, 0.1) is 6.54 Å². The average Bonchev–Trinajstić information content (AvgIpc) is 2.95. The van der Waals surface area contributed by atoms with E-state index in [4.69, 9.17) is 13.9 Å². The summed E-state index contributed by atoms with van der Waals surface area (Å²) in [7, 11) is 0. The summed E-state index contributed by atoms with van der Waals surface area (Å²) >= 11 is 0. The quantitative estimate of drug-likeness (QED) is 0.929. The average molecular weight is 275 g/mol. The number of rotatable bonds is 3. The number of benzene rings is 1. The van der Waals surface area contributed by atoms with Gasteiger partial charge in [0.25, 0.3) is 0 Å². The number of ether oxygens (including phenoxy) is 2. The van der Waals surface area contributed by atoms with Crippen LogP contribution < -0.4 is 14.8 Å². The van der Waals surface area contributed by atoms with E-state index in [-0.39, 0.29) is 5.54 Å². The van der Waals surface area contributed by atoms with Crippen LogP contribution in [0.25, 0.3) is 11.0 Å². The summed E-state index contributed by atoms with van der Waals surface area (Å²) in [5, 5.41) is 4.60. The van der Waals surface area contributed by atoms with Crippen LogP contribution in [0.2, 0.25) is 0 Å². The molecule has 3 rings (SSSR count). The largest absolute Gasteiger partial charge is 0.459 e. The second-order valence-electron chi connectivity index (χ2n) is 6.16. The van der Waals surface area contributed by atoms with Gasteiger partial charge < -0.3 is 19.2 Å². The predicted molar refractivity (Wildman–Crippen MR) is 78.3 cm³/mol. The SMILES string of the molecule is CCc1c(CNC(C)(C)C)oc2cc3c(cc12)OCO3. The van der Waals surface area contributed by atoms with Crippen molar-refractivity contribution < 1.29 is 13.9 Å². The maximum atomic E-state index is 6.01. The van der Waals surface area contributed by atoms with Crippen LogP contribution in [0.3, 0.4) is 0 Å². The third-order valence-electron chi connectivity index (χ3n) is 3.50. The van der Waals surface area contributed by atoms with Gasteiger partial charge >= 0.3 is 0 Å². The molecule has 4 heteroatoms. The van der Waals surface area contributed by atoms with E-state index in [1.807, 2.05) is 12.1 Å². The Morgan fingerprint density at radius 3 is 2.50 bits per heavy atom. The van der Waals surface area contributed by atoms with Gasteiger partial charge in [-0.05, 0) is 33.3 Å². The summed E-state index contributed by atoms with van der Waals surface area (Å²) in [4.78, 5) is 0. The first kappa shape index (κ1) is 13.3. The molecule has 0 unspecified atom stereocenters. The maximum absolute atomic E-state index is 6.01. The summed E-state index contributed by atoms with van der Waals surface area (Å²) in [5.74, 6) is 2.58. The molecular formula is C16H21NO3. The lowest BCUT2D eigenvalue weighted by molar-refractivity contribution is 0.174. The minimum atomic E-state index is 0.0674. The van der Waals surface area contributed by atoms with Crippen molar-refractivity contribution in [2.45, 2.75) is 46.2 Å². The summed E-state index contributed by atoms with van der Waals surface area (Å²) in [6, 6.07) is 3.96. The van der Waals surface area contributed by atoms with Gasteiger partial charge in [-0.1, -0.05) is 6.92 Å². The van der Waals surface area contributed by atoms with Gasteiger partial charge in [0.2, 0.25) is 6.79 Å². The predicted octanol–water partition coefficient (Wildman–Crippen LogP) is 3.61. The van der Waals surface area contributed by atoms with E-state index in [1.165, 1.54) is 5.56 Å². The molecule has 4 nitrogen and oxygen atoms in total. The minimum Gasteiger partial charge on any atom is -0.459 e. The van der Waals surface area contributed by atoms with Crippen LogP contribution in [0, 0.1) is 0 Å². The second-order valence-corrected chi connectivity index (χ2v) is 6.16. The van der Waals surface area contributed by atoms with Crippen LogP contribution in [-0.4, -0.2) is 12.3 Å². The molecule has 0 radical (unpaired) electrons. The normalized spacial score (nSPS) is 14.2. The first-order valence-electron chi connectivity index (χ1n) is 7.07. The fourth-order valence-electron chi connectivity index (χ4n) is 2.46. The van der Waals surface area contributed by atoms with Crippen molar-refractivity contribution in [2.24, 2.45) is 0 Å². The van der Waals surface area contributed by atoms with Crippen molar-refractivity contribution in [2.75, 3.05) is 6.79 Å². The molecule has 1 aliphatic rings. The Hall–Kier alpha value is -1.68. The molecule has 0 saturated carbocycles. The van der Waals surface area contributed by atoms with E-state index in [0.717, 1.165) is 41.2 Å². The number of nitrogens with one attached hydrogen (secondary N) is 1. The zero-order chi connectivity index (χ0) is 14.3. The number of furan rings is 1. The van der Waals surface area contributed by atoms with Crippen molar-refractivity contribution in [3.63, 3.8) is 0 Å². The lowest BCUT2D eigenvalue weighted by Crippen LogP contribution is -2.35. The van der Waals surface area contributed by atoms with Crippen LogP contribution in [0.5, 0.6) is 11.5 Å². The lowest BCUT2D eigenvalue weighted by Gasteiger charge is -2.19. The Morgan fingerprint density at radius 1 is 1.15 bits per heavy atom. The van der Waals surface area contributed by atoms with Gasteiger partial charge in [0, 0.05) is 22.6 Å². The van der Waals surface area contributed by atoms with Gasteiger partial charge in [-0.3, -0.25) is 0 Å². The summed E-state index contributed by atoms with van der Waals surface area (Å²) in [5.41, 5.74) is 2.18. The van der Waals surface area contributed by atoms with Gasteiger partial charge in [-0.2, -0.15) is 0 Å². The molecule has 1 aromatic carbocycles. The zero-order valence-electron chi connectivity index (χ0n) is 12.5. The van der Waals surface area contributed by atoms with E-state index in [0.29, 0.717) is 6.79 Å². The maximum Gasteiger partial charge on any atom is 0.231 e. The van der Waals surface area contributed by atoms with Gasteiger partial charge in [-0.25, -0.2) is 0 Å². The highest BCUT2D eigenvalue weighted by atomic mass is 16.7.